The fraction of sp³-hybridized carbons (Fsp3) is 1.00. The molecule has 1 N–H and O–H groups in total. The topological polar surface area (TPSA) is 15.3 Å². The number of rotatable bonds is 3. The zero-order valence-electron chi connectivity index (χ0n) is 9.47. The van der Waals surface area contributed by atoms with E-state index in [1.165, 1.54) is 58.4 Å². The van der Waals surface area contributed by atoms with Crippen molar-refractivity contribution in [3.05, 3.63) is 0 Å². The summed E-state index contributed by atoms with van der Waals surface area (Å²) in [4.78, 5) is 2.66. The summed E-state index contributed by atoms with van der Waals surface area (Å²) in [5, 5.41) is 3.45. The Labute approximate surface area is 88.1 Å². The van der Waals surface area contributed by atoms with Gasteiger partial charge >= 0.3 is 0 Å². The highest BCUT2D eigenvalue weighted by Crippen LogP contribution is 2.18. The average molecular weight is 196 g/mol. The molecule has 0 aromatic carbocycles. The van der Waals surface area contributed by atoms with Crippen molar-refractivity contribution < 1.29 is 0 Å². The van der Waals surface area contributed by atoms with E-state index < -0.39 is 0 Å². The smallest absolute Gasteiger partial charge is 0.00156 e. The predicted molar refractivity (Wildman–Crippen MR) is 60.4 cm³/mol. The van der Waals surface area contributed by atoms with E-state index in [9.17, 15) is 0 Å². The summed E-state index contributed by atoms with van der Waals surface area (Å²) >= 11 is 0. The van der Waals surface area contributed by atoms with Crippen LogP contribution in [-0.2, 0) is 0 Å². The zero-order chi connectivity index (χ0) is 9.80. The maximum Gasteiger partial charge on any atom is -0.00156 e. The second-order valence-electron chi connectivity index (χ2n) is 5.17. The van der Waals surface area contributed by atoms with Crippen molar-refractivity contribution >= 4 is 0 Å². The Morgan fingerprint density at radius 1 is 1.21 bits per heavy atom. The first-order chi connectivity index (χ1) is 6.84. The lowest BCUT2D eigenvalue weighted by atomic mass is 9.98. The molecule has 0 aliphatic carbocycles. The Morgan fingerprint density at radius 3 is 2.64 bits per heavy atom. The van der Waals surface area contributed by atoms with Crippen LogP contribution in [0.25, 0.3) is 0 Å². The van der Waals surface area contributed by atoms with Gasteiger partial charge in [-0.25, -0.2) is 0 Å². The van der Waals surface area contributed by atoms with Crippen LogP contribution in [0.4, 0.5) is 0 Å². The maximum atomic E-state index is 3.45. The second-order valence-corrected chi connectivity index (χ2v) is 5.17. The zero-order valence-corrected chi connectivity index (χ0v) is 9.47. The van der Waals surface area contributed by atoms with E-state index in [0.717, 1.165) is 11.8 Å². The lowest BCUT2D eigenvalue weighted by Gasteiger charge is -2.30. The van der Waals surface area contributed by atoms with Gasteiger partial charge in [0.25, 0.3) is 0 Å². The van der Waals surface area contributed by atoms with Crippen LogP contribution in [0.1, 0.15) is 32.6 Å². The molecule has 0 amide bonds. The van der Waals surface area contributed by atoms with Gasteiger partial charge in [-0.05, 0) is 70.2 Å². The normalized spacial score (nSPS) is 31.1. The molecule has 2 fully saturated rings. The summed E-state index contributed by atoms with van der Waals surface area (Å²) < 4.78 is 0. The van der Waals surface area contributed by atoms with E-state index in [-0.39, 0.29) is 0 Å². The van der Waals surface area contributed by atoms with Crippen LogP contribution >= 0.6 is 0 Å². The minimum atomic E-state index is 0.967. The maximum absolute atomic E-state index is 3.45. The van der Waals surface area contributed by atoms with Gasteiger partial charge in [0.05, 0.1) is 0 Å². The van der Waals surface area contributed by atoms with Crippen molar-refractivity contribution in [3.63, 3.8) is 0 Å². The van der Waals surface area contributed by atoms with Crippen molar-refractivity contribution in [1.29, 1.82) is 0 Å². The number of nitrogens with zero attached hydrogens (tertiary/aromatic N) is 1. The molecule has 1 atom stereocenters. The fourth-order valence-electron chi connectivity index (χ4n) is 2.61. The molecule has 0 saturated carbocycles. The van der Waals surface area contributed by atoms with Crippen LogP contribution < -0.4 is 5.32 Å². The summed E-state index contributed by atoms with van der Waals surface area (Å²) in [5.41, 5.74) is 0. The highest BCUT2D eigenvalue weighted by Gasteiger charge is 2.18. The van der Waals surface area contributed by atoms with Gasteiger partial charge < -0.3 is 10.2 Å². The molecule has 0 aromatic rings. The molecule has 2 aliphatic rings. The van der Waals surface area contributed by atoms with Gasteiger partial charge in [-0.3, -0.25) is 0 Å². The van der Waals surface area contributed by atoms with E-state index >= 15 is 0 Å². The molecule has 14 heavy (non-hydrogen) atoms. The second kappa shape index (κ2) is 5.13. The number of hydrogen-bond donors (Lipinski definition) is 1. The lowest BCUT2D eigenvalue weighted by molar-refractivity contribution is 0.182. The lowest BCUT2D eigenvalue weighted by Crippen LogP contribution is -2.34. The molecule has 2 rings (SSSR count). The molecule has 0 aromatic heterocycles. The summed E-state index contributed by atoms with van der Waals surface area (Å²) in [6.07, 6.45) is 5.66. The van der Waals surface area contributed by atoms with Crippen LogP contribution in [0.2, 0.25) is 0 Å². The van der Waals surface area contributed by atoms with E-state index in [1.807, 2.05) is 0 Å². The van der Waals surface area contributed by atoms with Gasteiger partial charge in [0.1, 0.15) is 0 Å². The molecule has 2 saturated heterocycles. The first kappa shape index (κ1) is 10.4. The van der Waals surface area contributed by atoms with Gasteiger partial charge in [0, 0.05) is 0 Å². The first-order valence-electron chi connectivity index (χ1n) is 6.27. The van der Waals surface area contributed by atoms with Crippen molar-refractivity contribution in [3.8, 4) is 0 Å². The molecule has 0 spiro atoms. The Hall–Kier alpha value is -0.0800. The molecule has 2 heteroatoms. The quantitative estimate of drug-likeness (QED) is 0.739. The fourth-order valence-corrected chi connectivity index (χ4v) is 2.61. The van der Waals surface area contributed by atoms with Crippen molar-refractivity contribution in [2.75, 3.05) is 32.7 Å². The highest BCUT2D eigenvalue weighted by atomic mass is 15.1. The Morgan fingerprint density at radius 2 is 2.00 bits per heavy atom. The Kier molecular flexibility index (Phi) is 3.82. The number of hydrogen-bond acceptors (Lipinski definition) is 2. The van der Waals surface area contributed by atoms with E-state index in [4.69, 9.17) is 0 Å². The summed E-state index contributed by atoms with van der Waals surface area (Å²) in [6.45, 7) is 8.95. The summed E-state index contributed by atoms with van der Waals surface area (Å²) in [5.74, 6) is 1.94. The van der Waals surface area contributed by atoms with Gasteiger partial charge in [-0.2, -0.15) is 0 Å². The van der Waals surface area contributed by atoms with E-state index in [1.54, 1.807) is 0 Å². The Bertz CT molecular complexity index is 156. The number of nitrogens with one attached hydrogen (secondary N) is 1. The SMILES string of the molecule is CC1CCN(CCC2CCNC2)CC1. The molecular formula is C12H24N2. The first-order valence-corrected chi connectivity index (χ1v) is 6.27. The molecule has 0 radical (unpaired) electrons. The molecule has 1 unspecified atom stereocenters. The minimum Gasteiger partial charge on any atom is -0.316 e. The van der Waals surface area contributed by atoms with Crippen LogP contribution in [0.3, 0.4) is 0 Å². The standard InChI is InChI=1S/C12H24N2/c1-11-3-7-14(8-4-11)9-5-12-2-6-13-10-12/h11-13H,2-10H2,1H3. The molecule has 2 aliphatic heterocycles. The number of likely N-dealkylation sites (tertiary alicyclic amines) is 1. The van der Waals surface area contributed by atoms with Crippen molar-refractivity contribution in [2.45, 2.75) is 32.6 Å². The van der Waals surface area contributed by atoms with Gasteiger partial charge in [-0.15, -0.1) is 0 Å². The minimum absolute atomic E-state index is 0.967. The third-order valence-corrected chi connectivity index (χ3v) is 3.89. The third kappa shape index (κ3) is 2.96. The molecular weight excluding hydrogens is 172 g/mol. The average Bonchev–Trinajstić information content (AvgIpc) is 2.70. The van der Waals surface area contributed by atoms with E-state index in [2.05, 4.69) is 17.1 Å². The van der Waals surface area contributed by atoms with Gasteiger partial charge in [-0.1, -0.05) is 6.92 Å². The van der Waals surface area contributed by atoms with Crippen LogP contribution in [-0.4, -0.2) is 37.6 Å². The molecule has 2 nitrogen and oxygen atoms in total. The van der Waals surface area contributed by atoms with Gasteiger partial charge in [0.2, 0.25) is 0 Å². The predicted octanol–water partition coefficient (Wildman–Crippen LogP) is 1.72. The van der Waals surface area contributed by atoms with Crippen molar-refractivity contribution in [2.24, 2.45) is 11.8 Å². The van der Waals surface area contributed by atoms with E-state index in [0.29, 0.717) is 0 Å². The monoisotopic (exact) mass is 196 g/mol. The largest absolute Gasteiger partial charge is 0.316 e. The van der Waals surface area contributed by atoms with Crippen molar-refractivity contribution in [1.82, 2.24) is 10.2 Å². The highest BCUT2D eigenvalue weighted by molar-refractivity contribution is 4.75. The number of piperidine rings is 1. The van der Waals surface area contributed by atoms with Crippen LogP contribution in [0, 0.1) is 11.8 Å². The third-order valence-electron chi connectivity index (χ3n) is 3.89. The molecule has 2 heterocycles. The van der Waals surface area contributed by atoms with Gasteiger partial charge in [0.15, 0.2) is 0 Å². The van der Waals surface area contributed by atoms with Crippen LogP contribution in [0.5, 0.6) is 0 Å². The molecule has 82 valence electrons. The van der Waals surface area contributed by atoms with Crippen LogP contribution in [0.15, 0.2) is 0 Å². The Balaban J connectivity index is 1.60. The molecule has 0 bridgehead atoms. The summed E-state index contributed by atoms with van der Waals surface area (Å²) in [6, 6.07) is 0. The summed E-state index contributed by atoms with van der Waals surface area (Å²) in [7, 11) is 0.